The van der Waals surface area contributed by atoms with Gasteiger partial charge in [-0.2, -0.15) is 12.6 Å². The fourth-order valence-corrected chi connectivity index (χ4v) is 3.83. The maximum absolute atomic E-state index is 13.0. The molecule has 0 fully saturated rings. The summed E-state index contributed by atoms with van der Waals surface area (Å²) in [6.07, 6.45) is -0.989. The van der Waals surface area contributed by atoms with Crippen molar-refractivity contribution in [2.45, 2.75) is 26.4 Å². The molecule has 3 aromatic carbocycles. The molecule has 0 unspecified atom stereocenters. The number of carbonyl (C=O) groups excluding carboxylic acids is 2. The van der Waals surface area contributed by atoms with Gasteiger partial charge in [0.05, 0.1) is 25.2 Å². The minimum absolute atomic E-state index is 0.0137. The number of phenolic OH excluding ortho intramolecular Hbond substituents is 1. The van der Waals surface area contributed by atoms with E-state index >= 15 is 0 Å². The second kappa shape index (κ2) is 11.2. The first-order chi connectivity index (χ1) is 16.2. The zero-order valence-electron chi connectivity index (χ0n) is 19.4. The number of thiol groups is 1. The molecule has 0 radical (unpaired) electrons. The zero-order valence-corrected chi connectivity index (χ0v) is 20.3. The number of amides is 1. The van der Waals surface area contributed by atoms with E-state index in [9.17, 15) is 14.7 Å². The van der Waals surface area contributed by atoms with Crippen LogP contribution < -0.4 is 10.1 Å². The molecule has 34 heavy (non-hydrogen) atoms. The molecule has 3 rings (SSSR count). The number of esters is 1. The summed E-state index contributed by atoms with van der Waals surface area (Å²) < 4.78 is 16.2. The third-order valence-electron chi connectivity index (χ3n) is 5.61. The monoisotopic (exact) mass is 483 g/mol. The van der Waals surface area contributed by atoms with E-state index in [1.54, 1.807) is 18.2 Å². The molecule has 8 heteroatoms. The minimum atomic E-state index is -0.756. The fourth-order valence-electron chi connectivity index (χ4n) is 3.73. The standard InChI is InChI=1S/C26H29NO6S/c1-26(2,13-14-32-23(29)16-34)24(18-11-12-22(31-3)21(28)15-18)33-25(30)27-20-10-6-8-17-7-4-5-9-19(17)20/h4-12,15,24,28,34H,13-14,16H2,1-3H3,(H,27,30)/t24-/m1/s1. The molecule has 0 aromatic heterocycles. The van der Waals surface area contributed by atoms with Crippen LogP contribution in [0.1, 0.15) is 31.9 Å². The van der Waals surface area contributed by atoms with Crippen LogP contribution in [0.5, 0.6) is 11.5 Å². The highest BCUT2D eigenvalue weighted by molar-refractivity contribution is 7.81. The number of nitrogens with one attached hydrogen (secondary N) is 1. The molecule has 0 aliphatic heterocycles. The predicted molar refractivity (Wildman–Crippen MR) is 135 cm³/mol. The number of hydrogen-bond donors (Lipinski definition) is 3. The van der Waals surface area contributed by atoms with E-state index in [2.05, 4.69) is 17.9 Å². The van der Waals surface area contributed by atoms with E-state index < -0.39 is 23.6 Å². The Morgan fingerprint density at radius 3 is 2.53 bits per heavy atom. The number of benzene rings is 3. The molecule has 0 spiro atoms. The van der Waals surface area contributed by atoms with Crippen LogP contribution in [0.3, 0.4) is 0 Å². The van der Waals surface area contributed by atoms with E-state index in [1.807, 2.05) is 50.2 Å². The second-order valence-electron chi connectivity index (χ2n) is 8.49. The van der Waals surface area contributed by atoms with E-state index in [4.69, 9.17) is 14.2 Å². The molecule has 0 saturated heterocycles. The first-order valence-corrected chi connectivity index (χ1v) is 11.5. The minimum Gasteiger partial charge on any atom is -0.504 e. The summed E-state index contributed by atoms with van der Waals surface area (Å²) in [5.41, 5.74) is 0.561. The average Bonchev–Trinajstić information content (AvgIpc) is 2.82. The van der Waals surface area contributed by atoms with Gasteiger partial charge in [0.15, 0.2) is 11.5 Å². The third-order valence-corrected chi connectivity index (χ3v) is 5.86. The first kappa shape index (κ1) is 25.2. The van der Waals surface area contributed by atoms with Gasteiger partial charge in [-0.15, -0.1) is 0 Å². The van der Waals surface area contributed by atoms with Crippen molar-refractivity contribution in [1.29, 1.82) is 0 Å². The van der Waals surface area contributed by atoms with Crippen LogP contribution in [0.2, 0.25) is 0 Å². The summed E-state index contributed by atoms with van der Waals surface area (Å²) in [5.74, 6) is -0.198. The van der Waals surface area contributed by atoms with Crippen LogP contribution >= 0.6 is 12.6 Å². The lowest BCUT2D eigenvalue weighted by Gasteiger charge is -2.34. The Balaban J connectivity index is 1.85. The van der Waals surface area contributed by atoms with Crippen molar-refractivity contribution >= 4 is 41.2 Å². The van der Waals surface area contributed by atoms with E-state index in [0.717, 1.165) is 10.8 Å². The molecule has 1 amide bonds. The lowest BCUT2D eigenvalue weighted by atomic mass is 9.79. The van der Waals surface area contributed by atoms with Crippen molar-refractivity contribution < 1.29 is 28.9 Å². The average molecular weight is 484 g/mol. The number of ether oxygens (including phenoxy) is 3. The highest BCUT2D eigenvalue weighted by atomic mass is 32.1. The van der Waals surface area contributed by atoms with Crippen LogP contribution in [0.4, 0.5) is 10.5 Å². The van der Waals surface area contributed by atoms with Gasteiger partial charge in [0.25, 0.3) is 0 Å². The van der Waals surface area contributed by atoms with Crippen molar-refractivity contribution in [1.82, 2.24) is 0 Å². The highest BCUT2D eigenvalue weighted by Gasteiger charge is 2.35. The number of fused-ring (bicyclic) bond motifs is 1. The molecule has 2 N–H and O–H groups in total. The van der Waals surface area contributed by atoms with Gasteiger partial charge in [-0.25, -0.2) is 4.79 Å². The number of anilines is 1. The van der Waals surface area contributed by atoms with Gasteiger partial charge >= 0.3 is 12.1 Å². The molecule has 0 bridgehead atoms. The Morgan fingerprint density at radius 1 is 1.09 bits per heavy atom. The molecule has 7 nitrogen and oxygen atoms in total. The number of hydrogen-bond acceptors (Lipinski definition) is 7. The summed E-state index contributed by atoms with van der Waals surface area (Å²) in [4.78, 5) is 24.5. The van der Waals surface area contributed by atoms with Crippen LogP contribution in [0.25, 0.3) is 10.8 Å². The summed E-state index contributed by atoms with van der Waals surface area (Å²) >= 11 is 3.92. The smallest absolute Gasteiger partial charge is 0.412 e. The predicted octanol–water partition coefficient (Wildman–Crippen LogP) is 5.73. The summed E-state index contributed by atoms with van der Waals surface area (Å²) in [7, 11) is 1.46. The largest absolute Gasteiger partial charge is 0.504 e. The Morgan fingerprint density at radius 2 is 1.82 bits per heavy atom. The Bertz CT molecular complexity index is 1160. The summed E-state index contributed by atoms with van der Waals surface area (Å²) in [6.45, 7) is 3.94. The maximum atomic E-state index is 13.0. The number of methoxy groups -OCH3 is 1. The van der Waals surface area contributed by atoms with Gasteiger partial charge in [-0.05, 0) is 35.6 Å². The number of carbonyl (C=O) groups is 2. The molecule has 0 aliphatic rings. The van der Waals surface area contributed by atoms with Gasteiger partial charge in [0.1, 0.15) is 6.10 Å². The molecule has 0 saturated carbocycles. The Labute approximate surface area is 204 Å². The molecular formula is C26H29NO6S. The maximum Gasteiger partial charge on any atom is 0.412 e. The van der Waals surface area contributed by atoms with Crippen LogP contribution in [-0.2, 0) is 14.3 Å². The van der Waals surface area contributed by atoms with Crippen LogP contribution in [0, 0.1) is 5.41 Å². The fraction of sp³-hybridized carbons (Fsp3) is 0.308. The Kier molecular flexibility index (Phi) is 8.28. The molecule has 180 valence electrons. The quantitative estimate of drug-likeness (QED) is 0.266. The van der Waals surface area contributed by atoms with Crippen molar-refractivity contribution in [3.63, 3.8) is 0 Å². The van der Waals surface area contributed by atoms with Crippen molar-refractivity contribution in [3.05, 3.63) is 66.2 Å². The molecule has 3 aromatic rings. The molecule has 0 aliphatic carbocycles. The lowest BCUT2D eigenvalue weighted by molar-refractivity contribution is -0.141. The van der Waals surface area contributed by atoms with E-state index in [1.165, 1.54) is 13.2 Å². The zero-order chi connectivity index (χ0) is 24.7. The molecular weight excluding hydrogens is 454 g/mol. The lowest BCUT2D eigenvalue weighted by Crippen LogP contribution is -2.30. The van der Waals surface area contributed by atoms with Crippen LogP contribution in [-0.4, -0.2) is 36.6 Å². The first-order valence-electron chi connectivity index (χ1n) is 10.8. The number of aromatic hydroxyl groups is 1. The Hall–Kier alpha value is -3.39. The van der Waals surface area contributed by atoms with E-state index in [0.29, 0.717) is 23.4 Å². The highest BCUT2D eigenvalue weighted by Crippen LogP contribution is 2.42. The summed E-state index contributed by atoms with van der Waals surface area (Å²) in [6, 6.07) is 18.2. The topological polar surface area (TPSA) is 94.1 Å². The van der Waals surface area contributed by atoms with E-state index in [-0.39, 0.29) is 18.1 Å². The number of rotatable bonds is 9. The van der Waals surface area contributed by atoms with Crippen molar-refractivity contribution in [3.8, 4) is 11.5 Å². The van der Waals surface area contributed by atoms with Gasteiger partial charge in [-0.3, -0.25) is 10.1 Å². The van der Waals surface area contributed by atoms with Gasteiger partial charge in [0.2, 0.25) is 0 Å². The normalized spacial score (nSPS) is 12.1. The van der Waals surface area contributed by atoms with Crippen LogP contribution in [0.15, 0.2) is 60.7 Å². The number of phenols is 1. The van der Waals surface area contributed by atoms with Crippen molar-refractivity contribution in [2.75, 3.05) is 24.8 Å². The van der Waals surface area contributed by atoms with Crippen molar-refractivity contribution in [2.24, 2.45) is 5.41 Å². The third kappa shape index (κ3) is 6.14. The molecule has 1 atom stereocenters. The molecule has 0 heterocycles. The SMILES string of the molecule is COc1ccc([C@@H](OC(=O)Nc2cccc3ccccc23)C(C)(C)CCOC(=O)CS)cc1O. The second-order valence-corrected chi connectivity index (χ2v) is 8.80. The summed E-state index contributed by atoms with van der Waals surface area (Å²) in [5, 5.41) is 15.0. The van der Waals surface area contributed by atoms with Gasteiger partial charge in [0, 0.05) is 10.8 Å². The van der Waals surface area contributed by atoms with Gasteiger partial charge in [-0.1, -0.05) is 56.3 Å². The van der Waals surface area contributed by atoms with Gasteiger partial charge < -0.3 is 19.3 Å².